The van der Waals surface area contributed by atoms with E-state index in [-0.39, 0.29) is 18.5 Å². The number of amides is 1. The van der Waals surface area contributed by atoms with Crippen LogP contribution < -0.4 is 0 Å². The molecule has 1 heterocycles. The second kappa shape index (κ2) is 5.97. The summed E-state index contributed by atoms with van der Waals surface area (Å²) in [6.07, 6.45) is -0.351. The zero-order valence-electron chi connectivity index (χ0n) is 11.7. The Kier molecular flexibility index (Phi) is 4.25. The lowest BCUT2D eigenvalue weighted by molar-refractivity contribution is -0.138. The SMILES string of the molecule is CC(=O)C1=C(O)C(=O)N(CCC(=O)O)[C@H]1c1cccc(F)c1. The molecular formula is C15H14FNO5. The van der Waals surface area contributed by atoms with Gasteiger partial charge in [0.15, 0.2) is 11.5 Å². The summed E-state index contributed by atoms with van der Waals surface area (Å²) in [6.45, 7) is 0.988. The minimum absolute atomic E-state index is 0.152. The fourth-order valence-corrected chi connectivity index (χ4v) is 2.48. The number of hydrogen-bond acceptors (Lipinski definition) is 4. The first-order chi connectivity index (χ1) is 10.3. The quantitative estimate of drug-likeness (QED) is 0.861. The molecular weight excluding hydrogens is 293 g/mol. The number of aliphatic hydroxyl groups excluding tert-OH is 1. The van der Waals surface area contributed by atoms with E-state index in [0.717, 1.165) is 11.0 Å². The molecule has 1 aromatic rings. The van der Waals surface area contributed by atoms with E-state index in [1.807, 2.05) is 0 Å². The highest BCUT2D eigenvalue weighted by atomic mass is 19.1. The maximum absolute atomic E-state index is 13.4. The number of benzene rings is 1. The van der Waals surface area contributed by atoms with Gasteiger partial charge in [-0.25, -0.2) is 4.39 Å². The molecule has 116 valence electrons. The van der Waals surface area contributed by atoms with Crippen LogP contribution in [0.4, 0.5) is 4.39 Å². The fourth-order valence-electron chi connectivity index (χ4n) is 2.48. The molecule has 1 aromatic carbocycles. The molecule has 22 heavy (non-hydrogen) atoms. The summed E-state index contributed by atoms with van der Waals surface area (Å²) in [5.41, 5.74) is 0.147. The molecule has 0 aliphatic carbocycles. The van der Waals surface area contributed by atoms with Crippen LogP contribution >= 0.6 is 0 Å². The Morgan fingerprint density at radius 1 is 1.36 bits per heavy atom. The fraction of sp³-hybridized carbons (Fsp3) is 0.267. The molecule has 1 aliphatic rings. The minimum Gasteiger partial charge on any atom is -0.503 e. The number of hydrogen-bond donors (Lipinski definition) is 2. The van der Waals surface area contributed by atoms with Gasteiger partial charge in [0, 0.05) is 6.54 Å². The second-order valence-corrected chi connectivity index (χ2v) is 4.92. The molecule has 0 radical (unpaired) electrons. The summed E-state index contributed by atoms with van der Waals surface area (Å²) in [6, 6.07) is 4.29. The van der Waals surface area contributed by atoms with E-state index in [4.69, 9.17) is 5.11 Å². The Morgan fingerprint density at radius 3 is 2.59 bits per heavy atom. The van der Waals surface area contributed by atoms with E-state index < -0.39 is 35.3 Å². The van der Waals surface area contributed by atoms with Gasteiger partial charge in [-0.1, -0.05) is 12.1 Å². The van der Waals surface area contributed by atoms with Crippen LogP contribution in [0.5, 0.6) is 0 Å². The number of ketones is 1. The van der Waals surface area contributed by atoms with Crippen molar-refractivity contribution in [3.05, 3.63) is 47.0 Å². The topological polar surface area (TPSA) is 94.9 Å². The lowest BCUT2D eigenvalue weighted by Crippen LogP contribution is -2.33. The molecule has 7 heteroatoms. The Balaban J connectivity index is 2.48. The van der Waals surface area contributed by atoms with Gasteiger partial charge in [0.2, 0.25) is 0 Å². The first-order valence-corrected chi connectivity index (χ1v) is 6.55. The van der Waals surface area contributed by atoms with Crippen LogP contribution in [-0.4, -0.2) is 39.3 Å². The number of nitrogens with zero attached hydrogens (tertiary/aromatic N) is 1. The van der Waals surface area contributed by atoms with Crippen LogP contribution in [0.25, 0.3) is 0 Å². The van der Waals surface area contributed by atoms with Gasteiger partial charge in [0.1, 0.15) is 5.82 Å². The number of aliphatic carboxylic acids is 1. The third kappa shape index (κ3) is 2.83. The van der Waals surface area contributed by atoms with E-state index in [1.54, 1.807) is 0 Å². The number of carbonyl (C=O) groups excluding carboxylic acids is 2. The molecule has 0 aromatic heterocycles. The maximum atomic E-state index is 13.4. The van der Waals surface area contributed by atoms with Gasteiger partial charge in [0.25, 0.3) is 5.91 Å². The summed E-state index contributed by atoms with van der Waals surface area (Å²) < 4.78 is 13.4. The van der Waals surface area contributed by atoms with Crippen LogP contribution in [0.3, 0.4) is 0 Å². The molecule has 2 rings (SSSR count). The van der Waals surface area contributed by atoms with Gasteiger partial charge in [-0.15, -0.1) is 0 Å². The minimum atomic E-state index is -1.12. The molecule has 1 aliphatic heterocycles. The highest BCUT2D eigenvalue weighted by Gasteiger charge is 2.42. The Bertz CT molecular complexity index is 682. The highest BCUT2D eigenvalue weighted by Crippen LogP contribution is 2.37. The van der Waals surface area contributed by atoms with Crippen molar-refractivity contribution in [3.63, 3.8) is 0 Å². The highest BCUT2D eigenvalue weighted by molar-refractivity contribution is 6.08. The molecule has 0 saturated heterocycles. The zero-order valence-corrected chi connectivity index (χ0v) is 11.7. The summed E-state index contributed by atoms with van der Waals surface area (Å²) in [7, 11) is 0. The first-order valence-electron chi connectivity index (χ1n) is 6.55. The number of rotatable bonds is 5. The number of carboxylic acid groups (broad SMARTS) is 1. The third-order valence-corrected chi connectivity index (χ3v) is 3.41. The van der Waals surface area contributed by atoms with E-state index in [2.05, 4.69) is 0 Å². The predicted molar refractivity (Wildman–Crippen MR) is 73.4 cm³/mol. The number of Topliss-reactive ketones (excluding diaryl/α,β-unsaturated/α-hetero) is 1. The van der Waals surface area contributed by atoms with Gasteiger partial charge in [-0.05, 0) is 24.6 Å². The molecule has 0 spiro atoms. The number of halogens is 1. The summed E-state index contributed by atoms with van der Waals surface area (Å²) in [5, 5.41) is 18.7. The van der Waals surface area contributed by atoms with Crippen LogP contribution in [0.1, 0.15) is 24.9 Å². The predicted octanol–water partition coefficient (Wildman–Crippen LogP) is 1.58. The van der Waals surface area contributed by atoms with Crippen molar-refractivity contribution in [2.24, 2.45) is 0 Å². The summed E-state index contributed by atoms with van der Waals surface area (Å²) in [4.78, 5) is 35.6. The second-order valence-electron chi connectivity index (χ2n) is 4.92. The van der Waals surface area contributed by atoms with Crippen molar-refractivity contribution in [1.29, 1.82) is 0 Å². The lowest BCUT2D eigenvalue weighted by atomic mass is 9.96. The summed E-state index contributed by atoms with van der Waals surface area (Å²) in [5.74, 6) is -3.76. The smallest absolute Gasteiger partial charge is 0.305 e. The molecule has 1 atom stereocenters. The van der Waals surface area contributed by atoms with E-state index in [9.17, 15) is 23.9 Å². The molecule has 0 saturated carbocycles. The number of carboxylic acids is 1. The number of carbonyl (C=O) groups is 3. The Labute approximate surface area is 125 Å². The monoisotopic (exact) mass is 307 g/mol. The van der Waals surface area contributed by atoms with Crippen LogP contribution in [0.2, 0.25) is 0 Å². The van der Waals surface area contributed by atoms with E-state index in [0.29, 0.717) is 5.56 Å². The lowest BCUT2D eigenvalue weighted by Gasteiger charge is -2.26. The van der Waals surface area contributed by atoms with Gasteiger partial charge >= 0.3 is 5.97 Å². The van der Waals surface area contributed by atoms with Gasteiger partial charge < -0.3 is 15.1 Å². The van der Waals surface area contributed by atoms with Crippen LogP contribution in [-0.2, 0) is 14.4 Å². The molecule has 6 nitrogen and oxygen atoms in total. The molecule has 2 N–H and O–H groups in total. The van der Waals surface area contributed by atoms with Crippen molar-refractivity contribution in [1.82, 2.24) is 4.90 Å². The van der Waals surface area contributed by atoms with E-state index >= 15 is 0 Å². The van der Waals surface area contributed by atoms with Gasteiger partial charge in [-0.2, -0.15) is 0 Å². The van der Waals surface area contributed by atoms with Crippen molar-refractivity contribution in [3.8, 4) is 0 Å². The average Bonchev–Trinajstić information content (AvgIpc) is 2.69. The van der Waals surface area contributed by atoms with Crippen molar-refractivity contribution in [2.45, 2.75) is 19.4 Å². The van der Waals surface area contributed by atoms with Crippen LogP contribution in [0, 0.1) is 5.82 Å². The molecule has 0 unspecified atom stereocenters. The van der Waals surface area contributed by atoms with Crippen LogP contribution in [0.15, 0.2) is 35.6 Å². The molecule has 0 fully saturated rings. The molecule has 0 bridgehead atoms. The van der Waals surface area contributed by atoms with E-state index in [1.165, 1.54) is 25.1 Å². The standard InChI is InChI=1S/C15H14FNO5/c1-8(18)12-13(9-3-2-4-10(16)7-9)17(6-5-11(19)20)15(22)14(12)21/h2-4,7,13,21H,5-6H2,1H3,(H,19,20)/t13-/m0/s1. The van der Waals surface area contributed by atoms with Crippen molar-refractivity contribution in [2.75, 3.05) is 6.54 Å². The van der Waals surface area contributed by atoms with Crippen molar-refractivity contribution >= 4 is 17.7 Å². The zero-order chi connectivity index (χ0) is 16.4. The normalized spacial score (nSPS) is 18.0. The summed E-state index contributed by atoms with van der Waals surface area (Å²) >= 11 is 0. The van der Waals surface area contributed by atoms with Crippen molar-refractivity contribution < 1.29 is 29.0 Å². The maximum Gasteiger partial charge on any atom is 0.305 e. The average molecular weight is 307 g/mol. The third-order valence-electron chi connectivity index (χ3n) is 3.41. The molecule has 1 amide bonds. The Hall–Kier alpha value is -2.70. The van der Waals surface area contributed by atoms with Gasteiger partial charge in [-0.3, -0.25) is 14.4 Å². The Morgan fingerprint density at radius 2 is 2.05 bits per heavy atom. The van der Waals surface area contributed by atoms with Gasteiger partial charge in [0.05, 0.1) is 18.0 Å². The largest absolute Gasteiger partial charge is 0.503 e. The first kappa shape index (κ1) is 15.7. The number of aliphatic hydroxyl groups is 1.